The van der Waals surface area contributed by atoms with Crippen LogP contribution in [-0.4, -0.2) is 29.0 Å². The molecule has 1 aromatic carbocycles. The Labute approximate surface area is 186 Å². The van der Waals surface area contributed by atoms with Crippen molar-refractivity contribution in [2.75, 3.05) is 7.11 Å². The summed E-state index contributed by atoms with van der Waals surface area (Å²) in [6.45, 7) is 3.88. The van der Waals surface area contributed by atoms with Crippen LogP contribution in [0.5, 0.6) is 0 Å². The molecular weight excluding hydrogens is 432 g/mol. The van der Waals surface area contributed by atoms with Crippen molar-refractivity contribution in [3.8, 4) is 11.4 Å². The van der Waals surface area contributed by atoms with Crippen molar-refractivity contribution < 1.29 is 23.5 Å². The zero-order chi connectivity index (χ0) is 22.8. The second-order valence-corrected chi connectivity index (χ2v) is 8.20. The van der Waals surface area contributed by atoms with E-state index >= 15 is 0 Å². The molecule has 4 rings (SSSR count). The maximum absolute atomic E-state index is 12.6. The van der Waals surface area contributed by atoms with Crippen LogP contribution in [0.4, 0.5) is 0 Å². The molecule has 0 radical (unpaired) electrons. The van der Waals surface area contributed by atoms with Crippen LogP contribution in [0.15, 0.2) is 45.6 Å². The molecule has 0 atom stereocenters. The van der Waals surface area contributed by atoms with Crippen molar-refractivity contribution >= 4 is 33.5 Å². The lowest BCUT2D eigenvalue weighted by atomic mass is 10.1. The van der Waals surface area contributed by atoms with E-state index in [9.17, 15) is 14.4 Å². The van der Waals surface area contributed by atoms with E-state index in [1.807, 2.05) is 13.8 Å². The molecule has 8 nitrogen and oxygen atoms in total. The van der Waals surface area contributed by atoms with E-state index in [0.29, 0.717) is 32.9 Å². The Bertz CT molecular complexity index is 1360. The first kappa shape index (κ1) is 21.5. The van der Waals surface area contributed by atoms with Crippen molar-refractivity contribution in [3.63, 3.8) is 0 Å². The maximum Gasteiger partial charge on any atom is 0.373 e. The zero-order valence-corrected chi connectivity index (χ0v) is 18.5. The standard InChI is InChI=1S/C23H20N2O6S/c1-4-16-12(2)32-21-18(16)20(26)24-19(25-21)13-5-7-14(8-6-13)22(27)30-11-15-9-10-17(31-15)23(28)29-3/h5-10H,4,11H2,1-3H3,(H,24,25,26). The average molecular weight is 452 g/mol. The molecule has 0 aliphatic rings. The molecule has 0 saturated carbocycles. The van der Waals surface area contributed by atoms with E-state index in [1.165, 1.54) is 30.6 Å². The van der Waals surface area contributed by atoms with Gasteiger partial charge in [-0.1, -0.05) is 19.1 Å². The third kappa shape index (κ3) is 4.06. The first-order valence-corrected chi connectivity index (χ1v) is 10.7. The molecule has 0 aliphatic heterocycles. The minimum atomic E-state index is -0.605. The van der Waals surface area contributed by atoms with Gasteiger partial charge in [-0.3, -0.25) is 4.79 Å². The summed E-state index contributed by atoms with van der Waals surface area (Å²) in [4.78, 5) is 45.6. The summed E-state index contributed by atoms with van der Waals surface area (Å²) >= 11 is 1.50. The van der Waals surface area contributed by atoms with Crippen molar-refractivity contribution in [1.82, 2.24) is 9.97 Å². The van der Waals surface area contributed by atoms with Gasteiger partial charge < -0.3 is 18.9 Å². The van der Waals surface area contributed by atoms with E-state index in [1.54, 1.807) is 24.3 Å². The summed E-state index contributed by atoms with van der Waals surface area (Å²) in [5, 5.41) is 0.646. The Kier molecular flexibility index (Phi) is 5.91. The molecule has 1 N–H and O–H groups in total. The largest absolute Gasteiger partial charge is 0.463 e. The Morgan fingerprint density at radius 1 is 1.12 bits per heavy atom. The highest BCUT2D eigenvalue weighted by atomic mass is 32.1. The van der Waals surface area contributed by atoms with E-state index < -0.39 is 11.9 Å². The van der Waals surface area contributed by atoms with Crippen molar-refractivity contribution in [1.29, 1.82) is 0 Å². The quantitative estimate of drug-likeness (QED) is 0.435. The predicted octanol–water partition coefficient (Wildman–Crippen LogP) is 4.26. The fourth-order valence-electron chi connectivity index (χ4n) is 3.39. The molecule has 3 aromatic heterocycles. The highest BCUT2D eigenvalue weighted by molar-refractivity contribution is 7.18. The van der Waals surface area contributed by atoms with Gasteiger partial charge in [0, 0.05) is 10.4 Å². The van der Waals surface area contributed by atoms with Crippen LogP contribution in [0.25, 0.3) is 21.6 Å². The monoisotopic (exact) mass is 452 g/mol. The summed E-state index contributed by atoms with van der Waals surface area (Å²) in [6, 6.07) is 9.58. The fraction of sp³-hybridized carbons (Fsp3) is 0.217. The smallest absolute Gasteiger partial charge is 0.373 e. The van der Waals surface area contributed by atoms with Crippen LogP contribution in [0.1, 0.15) is 44.0 Å². The van der Waals surface area contributed by atoms with Gasteiger partial charge in [0.15, 0.2) is 0 Å². The van der Waals surface area contributed by atoms with Gasteiger partial charge in [0.25, 0.3) is 5.56 Å². The number of thiophene rings is 1. The van der Waals surface area contributed by atoms with Gasteiger partial charge in [0.2, 0.25) is 5.76 Å². The number of rotatable bonds is 6. The van der Waals surface area contributed by atoms with Crippen LogP contribution >= 0.6 is 11.3 Å². The number of ether oxygens (including phenoxy) is 2. The minimum Gasteiger partial charge on any atom is -0.463 e. The van der Waals surface area contributed by atoms with E-state index in [2.05, 4.69) is 14.7 Å². The Hall–Kier alpha value is -3.72. The van der Waals surface area contributed by atoms with E-state index in [0.717, 1.165) is 16.9 Å². The molecule has 0 amide bonds. The molecule has 0 unspecified atom stereocenters. The second kappa shape index (κ2) is 8.80. The lowest BCUT2D eigenvalue weighted by Crippen LogP contribution is -2.10. The summed E-state index contributed by atoms with van der Waals surface area (Å²) < 4.78 is 15.1. The average Bonchev–Trinajstić information content (AvgIpc) is 3.40. The Balaban J connectivity index is 1.49. The number of carbonyl (C=O) groups is 2. The minimum absolute atomic E-state index is 0.0355. The molecule has 164 valence electrons. The van der Waals surface area contributed by atoms with Crippen LogP contribution in [-0.2, 0) is 22.5 Å². The maximum atomic E-state index is 12.6. The number of methoxy groups -OCH3 is 1. The summed E-state index contributed by atoms with van der Waals surface area (Å²) in [5.74, 6) is -0.355. The molecule has 32 heavy (non-hydrogen) atoms. The highest BCUT2D eigenvalue weighted by Crippen LogP contribution is 2.28. The van der Waals surface area contributed by atoms with Crippen molar-refractivity contribution in [3.05, 3.63) is 74.3 Å². The number of aromatic nitrogens is 2. The van der Waals surface area contributed by atoms with E-state index in [-0.39, 0.29) is 17.9 Å². The molecule has 0 saturated heterocycles. The number of furan rings is 1. The number of hydrogen-bond donors (Lipinski definition) is 1. The number of benzene rings is 1. The van der Waals surface area contributed by atoms with Gasteiger partial charge in [0.05, 0.1) is 18.1 Å². The molecule has 0 aliphatic carbocycles. The molecular formula is C23H20N2O6S. The summed E-state index contributed by atoms with van der Waals surface area (Å²) in [5.41, 5.74) is 1.87. The summed E-state index contributed by atoms with van der Waals surface area (Å²) in [7, 11) is 1.25. The molecule has 3 heterocycles. The summed E-state index contributed by atoms with van der Waals surface area (Å²) in [6.07, 6.45) is 0.773. The van der Waals surface area contributed by atoms with Gasteiger partial charge in [-0.2, -0.15) is 0 Å². The highest BCUT2D eigenvalue weighted by Gasteiger charge is 2.16. The van der Waals surface area contributed by atoms with Crippen molar-refractivity contribution in [2.45, 2.75) is 26.9 Å². The first-order valence-electron chi connectivity index (χ1n) is 9.88. The molecule has 0 fully saturated rings. The van der Waals surface area contributed by atoms with Crippen LogP contribution in [0.3, 0.4) is 0 Å². The number of esters is 2. The van der Waals surface area contributed by atoms with Crippen LogP contribution in [0.2, 0.25) is 0 Å². The second-order valence-electron chi connectivity index (χ2n) is 7.00. The molecule has 9 heteroatoms. The molecule has 0 spiro atoms. The molecule has 0 bridgehead atoms. The van der Waals surface area contributed by atoms with Crippen LogP contribution < -0.4 is 5.56 Å². The lowest BCUT2D eigenvalue weighted by Gasteiger charge is -2.05. The lowest BCUT2D eigenvalue weighted by molar-refractivity contribution is 0.0438. The number of fused-ring (bicyclic) bond motifs is 1. The van der Waals surface area contributed by atoms with Gasteiger partial charge in [-0.25, -0.2) is 14.6 Å². The topological polar surface area (TPSA) is 111 Å². The van der Waals surface area contributed by atoms with Gasteiger partial charge >= 0.3 is 11.9 Å². The third-order valence-corrected chi connectivity index (χ3v) is 6.05. The van der Waals surface area contributed by atoms with Crippen molar-refractivity contribution in [2.24, 2.45) is 0 Å². The Morgan fingerprint density at radius 3 is 2.56 bits per heavy atom. The van der Waals surface area contributed by atoms with Gasteiger partial charge in [-0.15, -0.1) is 11.3 Å². The number of aromatic amines is 1. The number of aryl methyl sites for hydroxylation is 2. The fourth-order valence-corrected chi connectivity index (χ4v) is 4.50. The predicted molar refractivity (Wildman–Crippen MR) is 119 cm³/mol. The third-order valence-electron chi connectivity index (χ3n) is 5.00. The zero-order valence-electron chi connectivity index (χ0n) is 17.7. The van der Waals surface area contributed by atoms with Gasteiger partial charge in [-0.05, 0) is 43.2 Å². The number of carbonyl (C=O) groups excluding carboxylic acids is 2. The molecule has 4 aromatic rings. The normalized spacial score (nSPS) is 11.0. The number of nitrogens with zero attached hydrogens (tertiary/aromatic N) is 1. The van der Waals surface area contributed by atoms with Crippen LogP contribution in [0, 0.1) is 6.92 Å². The SMILES string of the molecule is CCc1c(C)sc2nc(-c3ccc(C(=O)OCc4ccc(C(=O)OC)o4)cc3)[nH]c(=O)c12. The first-order chi connectivity index (χ1) is 15.4. The number of nitrogens with one attached hydrogen (secondary N) is 1. The number of hydrogen-bond acceptors (Lipinski definition) is 8. The number of H-pyrrole nitrogens is 1. The van der Waals surface area contributed by atoms with Gasteiger partial charge in [0.1, 0.15) is 23.0 Å². The van der Waals surface area contributed by atoms with E-state index in [4.69, 9.17) is 9.15 Å². The Morgan fingerprint density at radius 2 is 1.88 bits per heavy atom.